The van der Waals surface area contributed by atoms with Crippen molar-refractivity contribution in [3.8, 4) is 0 Å². The Labute approximate surface area is 144 Å². The lowest BCUT2D eigenvalue weighted by Gasteiger charge is -2.20. The highest BCUT2D eigenvalue weighted by atomic mass is 16.2. The lowest BCUT2D eigenvalue weighted by molar-refractivity contribution is -0.118. The molecule has 4 heteroatoms. The maximum atomic E-state index is 12.7. The Morgan fingerprint density at radius 2 is 1.38 bits per heavy atom. The first-order valence-corrected chi connectivity index (χ1v) is 8.98. The average Bonchev–Trinajstić information content (AvgIpc) is 2.63. The molecule has 2 heterocycles. The number of carbonyl (C=O) groups is 1. The third kappa shape index (κ3) is 5.76. The van der Waals surface area contributed by atoms with E-state index in [1.54, 1.807) is 17.3 Å². The van der Waals surface area contributed by atoms with Gasteiger partial charge in [0.25, 0.3) is 0 Å². The summed E-state index contributed by atoms with van der Waals surface area (Å²) in [4.78, 5) is 23.0. The van der Waals surface area contributed by atoms with Crippen LogP contribution < -0.4 is 4.90 Å². The molecule has 0 radical (unpaired) electrons. The van der Waals surface area contributed by atoms with E-state index in [-0.39, 0.29) is 5.91 Å². The maximum absolute atomic E-state index is 12.7. The minimum Gasteiger partial charge on any atom is -0.274 e. The molecule has 0 unspecified atom stereocenters. The Balaban J connectivity index is 1.92. The van der Waals surface area contributed by atoms with Gasteiger partial charge in [0.1, 0.15) is 11.6 Å². The maximum Gasteiger partial charge on any atom is 0.233 e. The van der Waals surface area contributed by atoms with Crippen molar-refractivity contribution < 1.29 is 4.79 Å². The zero-order chi connectivity index (χ0) is 17.0. The minimum absolute atomic E-state index is 0.0564. The van der Waals surface area contributed by atoms with Crippen molar-refractivity contribution in [2.75, 3.05) is 4.90 Å². The van der Waals surface area contributed by atoms with Crippen molar-refractivity contribution in [3.05, 3.63) is 48.8 Å². The number of hydrogen-bond acceptors (Lipinski definition) is 3. The smallest absolute Gasteiger partial charge is 0.233 e. The predicted molar refractivity (Wildman–Crippen MR) is 98.2 cm³/mol. The highest BCUT2D eigenvalue weighted by molar-refractivity contribution is 5.98. The Morgan fingerprint density at radius 3 is 1.88 bits per heavy atom. The fourth-order valence-electron chi connectivity index (χ4n) is 2.69. The molecule has 0 aliphatic rings. The van der Waals surface area contributed by atoms with Crippen LogP contribution in [0.5, 0.6) is 0 Å². The van der Waals surface area contributed by atoms with Crippen molar-refractivity contribution in [3.63, 3.8) is 0 Å². The number of amides is 1. The molecule has 2 rings (SSSR count). The van der Waals surface area contributed by atoms with Gasteiger partial charge in [0.2, 0.25) is 5.91 Å². The first-order valence-electron chi connectivity index (χ1n) is 8.98. The molecular formula is C20H27N3O. The summed E-state index contributed by atoms with van der Waals surface area (Å²) >= 11 is 0. The van der Waals surface area contributed by atoms with E-state index in [0.29, 0.717) is 18.1 Å². The van der Waals surface area contributed by atoms with E-state index < -0.39 is 0 Å². The Kier molecular flexibility index (Phi) is 7.94. The third-order valence-electron chi connectivity index (χ3n) is 4.00. The normalized spacial score (nSPS) is 10.5. The van der Waals surface area contributed by atoms with Crippen LogP contribution in [0.3, 0.4) is 0 Å². The quantitative estimate of drug-likeness (QED) is 0.558. The number of aromatic nitrogens is 2. The van der Waals surface area contributed by atoms with E-state index >= 15 is 0 Å². The van der Waals surface area contributed by atoms with Crippen LogP contribution in [-0.2, 0) is 4.79 Å². The molecule has 0 N–H and O–H groups in total. The molecule has 0 saturated heterocycles. The number of nitrogens with zero attached hydrogens (tertiary/aromatic N) is 3. The number of rotatable bonds is 10. The number of anilines is 2. The van der Waals surface area contributed by atoms with Crippen LogP contribution in [0.1, 0.15) is 58.3 Å². The van der Waals surface area contributed by atoms with E-state index in [9.17, 15) is 4.79 Å². The third-order valence-corrected chi connectivity index (χ3v) is 4.00. The first kappa shape index (κ1) is 18.1. The SMILES string of the molecule is CCCCCCCCCC(=O)N(c1ccccn1)c1ccccn1. The molecule has 24 heavy (non-hydrogen) atoms. The summed E-state index contributed by atoms with van der Waals surface area (Å²) in [5.41, 5.74) is 0. The van der Waals surface area contributed by atoms with E-state index in [0.717, 1.165) is 12.8 Å². The Bertz CT molecular complexity index is 547. The summed E-state index contributed by atoms with van der Waals surface area (Å²) in [5.74, 6) is 1.31. The highest BCUT2D eigenvalue weighted by Crippen LogP contribution is 2.22. The fourth-order valence-corrected chi connectivity index (χ4v) is 2.69. The van der Waals surface area contributed by atoms with Crippen LogP contribution in [0.4, 0.5) is 11.6 Å². The van der Waals surface area contributed by atoms with Crippen LogP contribution in [0.2, 0.25) is 0 Å². The molecule has 2 aromatic rings. The second-order valence-corrected chi connectivity index (χ2v) is 5.98. The second kappa shape index (κ2) is 10.5. The summed E-state index contributed by atoms with van der Waals surface area (Å²) in [6.45, 7) is 2.22. The lowest BCUT2D eigenvalue weighted by atomic mass is 10.1. The van der Waals surface area contributed by atoms with Gasteiger partial charge in [0.15, 0.2) is 0 Å². The van der Waals surface area contributed by atoms with Crippen LogP contribution in [-0.4, -0.2) is 15.9 Å². The number of unbranched alkanes of at least 4 members (excludes halogenated alkanes) is 6. The minimum atomic E-state index is 0.0564. The number of carbonyl (C=O) groups excluding carboxylic acids is 1. The fraction of sp³-hybridized carbons (Fsp3) is 0.450. The van der Waals surface area contributed by atoms with Gasteiger partial charge in [-0.3, -0.25) is 4.79 Å². The topological polar surface area (TPSA) is 46.1 Å². The molecule has 2 aromatic heterocycles. The number of hydrogen-bond donors (Lipinski definition) is 0. The van der Waals surface area contributed by atoms with Crippen LogP contribution >= 0.6 is 0 Å². The summed E-state index contributed by atoms with van der Waals surface area (Å²) in [6.07, 6.45) is 12.3. The molecule has 0 atom stereocenters. The van der Waals surface area contributed by atoms with Gasteiger partial charge in [-0.05, 0) is 30.7 Å². The standard InChI is InChI=1S/C20H27N3O/c1-2-3-4-5-6-7-8-15-20(24)23(18-13-9-11-16-21-18)19-14-10-12-17-22-19/h9-14,16-17H,2-8,15H2,1H3. The Morgan fingerprint density at radius 1 is 0.833 bits per heavy atom. The molecule has 0 aliphatic carbocycles. The predicted octanol–water partition coefficient (Wildman–Crippen LogP) is 5.28. The van der Waals surface area contributed by atoms with Crippen molar-refractivity contribution in [1.29, 1.82) is 0 Å². The van der Waals surface area contributed by atoms with Crippen LogP contribution in [0.15, 0.2) is 48.8 Å². The van der Waals surface area contributed by atoms with Crippen molar-refractivity contribution >= 4 is 17.5 Å². The van der Waals surface area contributed by atoms with E-state index in [2.05, 4.69) is 16.9 Å². The molecule has 1 amide bonds. The van der Waals surface area contributed by atoms with Crippen LogP contribution in [0.25, 0.3) is 0 Å². The Hall–Kier alpha value is -2.23. The summed E-state index contributed by atoms with van der Waals surface area (Å²) in [7, 11) is 0. The molecule has 128 valence electrons. The van der Waals surface area contributed by atoms with Gasteiger partial charge in [-0.15, -0.1) is 0 Å². The van der Waals surface area contributed by atoms with Gasteiger partial charge in [0, 0.05) is 18.8 Å². The largest absolute Gasteiger partial charge is 0.274 e. The van der Waals surface area contributed by atoms with Gasteiger partial charge >= 0.3 is 0 Å². The monoisotopic (exact) mass is 325 g/mol. The van der Waals surface area contributed by atoms with Gasteiger partial charge in [-0.25, -0.2) is 14.9 Å². The van der Waals surface area contributed by atoms with Crippen molar-refractivity contribution in [1.82, 2.24) is 9.97 Å². The van der Waals surface area contributed by atoms with Gasteiger partial charge in [0.05, 0.1) is 0 Å². The zero-order valence-electron chi connectivity index (χ0n) is 14.5. The van der Waals surface area contributed by atoms with Gasteiger partial charge < -0.3 is 0 Å². The highest BCUT2D eigenvalue weighted by Gasteiger charge is 2.19. The second-order valence-electron chi connectivity index (χ2n) is 5.98. The molecule has 0 saturated carbocycles. The first-order chi connectivity index (χ1) is 11.8. The molecule has 0 bridgehead atoms. The molecule has 0 aromatic carbocycles. The lowest BCUT2D eigenvalue weighted by Crippen LogP contribution is -2.27. The number of pyridine rings is 2. The van der Waals surface area contributed by atoms with E-state index in [1.165, 1.54) is 32.1 Å². The summed E-state index contributed by atoms with van der Waals surface area (Å²) in [5, 5.41) is 0. The molecule has 0 aliphatic heterocycles. The zero-order valence-corrected chi connectivity index (χ0v) is 14.5. The van der Waals surface area contributed by atoms with E-state index in [1.807, 2.05) is 36.4 Å². The van der Waals surface area contributed by atoms with E-state index in [4.69, 9.17) is 0 Å². The van der Waals surface area contributed by atoms with Crippen molar-refractivity contribution in [2.45, 2.75) is 58.3 Å². The molecular weight excluding hydrogens is 298 g/mol. The molecule has 0 fully saturated rings. The molecule has 4 nitrogen and oxygen atoms in total. The molecule has 0 spiro atoms. The van der Waals surface area contributed by atoms with Crippen LogP contribution in [0, 0.1) is 0 Å². The summed E-state index contributed by atoms with van der Waals surface area (Å²) < 4.78 is 0. The van der Waals surface area contributed by atoms with Gasteiger partial charge in [-0.1, -0.05) is 57.6 Å². The van der Waals surface area contributed by atoms with Gasteiger partial charge in [-0.2, -0.15) is 0 Å². The summed E-state index contributed by atoms with van der Waals surface area (Å²) in [6, 6.07) is 11.2. The average molecular weight is 325 g/mol. The van der Waals surface area contributed by atoms with Crippen molar-refractivity contribution in [2.24, 2.45) is 0 Å².